The van der Waals surface area contributed by atoms with Crippen LogP contribution in [0.1, 0.15) is 0 Å². The van der Waals surface area contributed by atoms with E-state index >= 15 is 0 Å². The normalized spacial score (nSPS) is 16.2. The van der Waals surface area contributed by atoms with Gasteiger partial charge in [0, 0.05) is 11.8 Å². The minimum atomic E-state index is -3.65. The topological polar surface area (TPSA) is 47.6 Å². The number of amides is 1. The van der Waals surface area contributed by atoms with Crippen LogP contribution in [0.15, 0.2) is 18.2 Å². The first kappa shape index (κ1) is 10.0. The number of alkyl halides is 2. The first-order chi connectivity index (χ1) is 6.96. The lowest BCUT2D eigenvalue weighted by molar-refractivity contribution is -0.286. The number of ether oxygens (including phenoxy) is 2. The molecule has 15 heavy (non-hydrogen) atoms. The van der Waals surface area contributed by atoms with E-state index in [1.807, 2.05) is 0 Å². The van der Waals surface area contributed by atoms with Gasteiger partial charge in [-0.15, -0.1) is 8.78 Å². The molecule has 1 heterocycles. The van der Waals surface area contributed by atoms with Crippen LogP contribution in [-0.4, -0.2) is 11.5 Å². The summed E-state index contributed by atoms with van der Waals surface area (Å²) >= 11 is 3.48. The largest absolute Gasteiger partial charge is 0.586 e. The van der Waals surface area contributed by atoms with Gasteiger partial charge in [-0.05, 0) is 12.1 Å². The van der Waals surface area contributed by atoms with Gasteiger partial charge in [0.15, 0.2) is 11.5 Å². The zero-order valence-corrected chi connectivity index (χ0v) is 8.05. The number of hydrogen-bond donors (Lipinski definition) is 2. The molecule has 0 aromatic heterocycles. The molecule has 2 rings (SSSR count). The van der Waals surface area contributed by atoms with Gasteiger partial charge in [0.1, 0.15) is 0 Å². The maximum absolute atomic E-state index is 12.6. The summed E-state index contributed by atoms with van der Waals surface area (Å²) in [6, 6.07) is 3.90. The molecule has 7 heteroatoms. The van der Waals surface area contributed by atoms with E-state index in [1.54, 1.807) is 0 Å². The van der Waals surface area contributed by atoms with Gasteiger partial charge < -0.3 is 14.8 Å². The van der Waals surface area contributed by atoms with Crippen molar-refractivity contribution in [2.24, 2.45) is 0 Å². The van der Waals surface area contributed by atoms with Crippen LogP contribution in [0.25, 0.3) is 0 Å². The van der Waals surface area contributed by atoms with Gasteiger partial charge in [-0.25, -0.2) is 0 Å². The van der Waals surface area contributed by atoms with Crippen LogP contribution in [-0.2, 0) is 0 Å². The molecule has 1 aliphatic rings. The molecule has 4 nitrogen and oxygen atoms in total. The second-order valence-electron chi connectivity index (χ2n) is 2.76. The summed E-state index contributed by atoms with van der Waals surface area (Å²) in [6.45, 7) is 0. The third-order valence-corrected chi connectivity index (χ3v) is 1.76. The highest BCUT2D eigenvalue weighted by Crippen LogP contribution is 2.42. The molecule has 0 bridgehead atoms. The van der Waals surface area contributed by atoms with Crippen LogP contribution in [0, 0.1) is 0 Å². The van der Waals surface area contributed by atoms with E-state index in [0.29, 0.717) is 5.69 Å². The van der Waals surface area contributed by atoms with Gasteiger partial charge in [0.2, 0.25) is 0 Å². The van der Waals surface area contributed by atoms with E-state index < -0.39 is 11.5 Å². The second kappa shape index (κ2) is 3.27. The molecule has 1 aromatic rings. The molecule has 1 aromatic carbocycles. The second-order valence-corrected chi connectivity index (χ2v) is 3.17. The summed E-state index contributed by atoms with van der Waals surface area (Å²) in [5.74, 6) is -0.197. The van der Waals surface area contributed by atoms with Gasteiger partial charge in [-0.2, -0.15) is 0 Å². The lowest BCUT2D eigenvalue weighted by Crippen LogP contribution is -2.25. The molecule has 0 spiro atoms. The molecule has 0 fully saturated rings. The molecule has 1 N–H and O–H groups in total. The van der Waals surface area contributed by atoms with Crippen LogP contribution in [0.4, 0.5) is 19.3 Å². The Hall–Kier alpha value is -1.50. The van der Waals surface area contributed by atoms with E-state index in [0.717, 1.165) is 0 Å². The molecule has 1 amide bonds. The maximum atomic E-state index is 12.6. The summed E-state index contributed by atoms with van der Waals surface area (Å²) in [5.41, 5.74) is 0.301. The number of rotatable bonds is 1. The standard InChI is InChI=1S/C8H5F2NO3S/c9-8(10)13-5-2-1-4(11-7(12)15)3-6(5)14-8/h1-3H,(H2,11,12,15). The molecule has 0 saturated heterocycles. The van der Waals surface area contributed by atoms with Gasteiger partial charge in [0.05, 0.1) is 0 Å². The highest BCUT2D eigenvalue weighted by Gasteiger charge is 2.43. The van der Waals surface area contributed by atoms with Crippen molar-refractivity contribution in [3.8, 4) is 11.5 Å². The van der Waals surface area contributed by atoms with Gasteiger partial charge >= 0.3 is 6.29 Å². The first-order valence-corrected chi connectivity index (χ1v) is 4.31. The third-order valence-electron chi connectivity index (χ3n) is 1.65. The van der Waals surface area contributed by atoms with Crippen molar-refractivity contribution >= 4 is 23.6 Å². The van der Waals surface area contributed by atoms with Crippen molar-refractivity contribution in [3.63, 3.8) is 0 Å². The molecule has 0 saturated carbocycles. The Kier molecular flexibility index (Phi) is 2.18. The van der Waals surface area contributed by atoms with E-state index in [1.165, 1.54) is 18.2 Å². The number of carbonyl (C=O) groups excluding carboxylic acids is 1. The summed E-state index contributed by atoms with van der Waals surface area (Å²) in [5, 5.41) is 1.71. The Balaban J connectivity index is 2.26. The van der Waals surface area contributed by atoms with Gasteiger partial charge in [-0.3, -0.25) is 4.79 Å². The smallest absolute Gasteiger partial charge is 0.395 e. The van der Waals surface area contributed by atoms with Crippen molar-refractivity contribution in [1.82, 2.24) is 0 Å². The van der Waals surface area contributed by atoms with Crippen molar-refractivity contribution in [1.29, 1.82) is 0 Å². The highest BCUT2D eigenvalue weighted by atomic mass is 32.1. The van der Waals surface area contributed by atoms with Gasteiger partial charge in [-0.1, -0.05) is 12.6 Å². The molecule has 0 radical (unpaired) electrons. The molecule has 80 valence electrons. The van der Waals surface area contributed by atoms with Crippen molar-refractivity contribution < 1.29 is 23.0 Å². The minimum Gasteiger partial charge on any atom is -0.395 e. The van der Waals surface area contributed by atoms with Crippen LogP contribution in [0.3, 0.4) is 0 Å². The van der Waals surface area contributed by atoms with Crippen molar-refractivity contribution in [3.05, 3.63) is 18.2 Å². The van der Waals surface area contributed by atoms with Gasteiger partial charge in [0.25, 0.3) is 5.24 Å². The average molecular weight is 233 g/mol. The minimum absolute atomic E-state index is 0.0721. The SMILES string of the molecule is O=C(S)Nc1ccc2c(c1)OC(F)(F)O2. The lowest BCUT2D eigenvalue weighted by Gasteiger charge is -2.04. The number of hydrogen-bond acceptors (Lipinski definition) is 3. The number of benzene rings is 1. The summed E-state index contributed by atoms with van der Waals surface area (Å²) in [4.78, 5) is 10.6. The molecule has 0 unspecified atom stereocenters. The van der Waals surface area contributed by atoms with E-state index in [2.05, 4.69) is 27.4 Å². The molecular weight excluding hydrogens is 228 g/mol. The first-order valence-electron chi connectivity index (χ1n) is 3.86. The number of carbonyl (C=O) groups is 1. The van der Waals surface area contributed by atoms with Crippen LogP contribution in [0.2, 0.25) is 0 Å². The van der Waals surface area contributed by atoms with Crippen molar-refractivity contribution in [2.75, 3.05) is 5.32 Å². The van der Waals surface area contributed by atoms with Crippen molar-refractivity contribution in [2.45, 2.75) is 6.29 Å². The zero-order chi connectivity index (χ0) is 11.1. The quantitative estimate of drug-likeness (QED) is 0.732. The molecule has 0 aliphatic carbocycles. The summed E-state index contributed by atoms with van der Waals surface area (Å²) < 4.78 is 33.5. The average Bonchev–Trinajstić information content (AvgIpc) is 2.36. The molecule has 1 aliphatic heterocycles. The Labute approximate surface area is 88.6 Å². The number of thiol groups is 1. The summed E-state index contributed by atoms with van der Waals surface area (Å²) in [7, 11) is 0. The van der Waals surface area contributed by atoms with E-state index in [9.17, 15) is 13.6 Å². The fraction of sp³-hybridized carbons (Fsp3) is 0.125. The number of fused-ring (bicyclic) bond motifs is 1. The predicted octanol–water partition coefficient (Wildman–Crippen LogP) is 2.47. The molecular formula is C8H5F2NO3S. The summed E-state index contributed by atoms with van der Waals surface area (Å²) in [6.07, 6.45) is -3.65. The van der Waals surface area contributed by atoms with E-state index in [4.69, 9.17) is 0 Å². The zero-order valence-electron chi connectivity index (χ0n) is 7.16. The number of anilines is 1. The maximum Gasteiger partial charge on any atom is 0.586 e. The number of nitrogens with one attached hydrogen (secondary N) is 1. The Morgan fingerprint density at radius 1 is 1.33 bits per heavy atom. The molecule has 0 atom stereocenters. The Morgan fingerprint density at radius 3 is 2.67 bits per heavy atom. The predicted molar refractivity (Wildman–Crippen MR) is 50.6 cm³/mol. The Bertz CT molecular complexity index is 424. The van der Waals surface area contributed by atoms with Crippen LogP contribution >= 0.6 is 12.6 Å². The third kappa shape index (κ3) is 2.12. The van der Waals surface area contributed by atoms with Crippen LogP contribution < -0.4 is 14.8 Å². The monoisotopic (exact) mass is 233 g/mol. The van der Waals surface area contributed by atoms with E-state index in [-0.39, 0.29) is 11.5 Å². The van der Waals surface area contributed by atoms with Crippen LogP contribution in [0.5, 0.6) is 11.5 Å². The lowest BCUT2D eigenvalue weighted by atomic mass is 10.3. The Morgan fingerprint density at radius 2 is 2.00 bits per heavy atom. The highest BCUT2D eigenvalue weighted by molar-refractivity contribution is 7.96. The fourth-order valence-electron chi connectivity index (χ4n) is 1.15. The fourth-order valence-corrected chi connectivity index (χ4v) is 1.28. The number of halogens is 2.